The number of thioether (sulfide) groups is 1. The summed E-state index contributed by atoms with van der Waals surface area (Å²) in [4.78, 5) is 50.9. The van der Waals surface area contributed by atoms with Crippen LogP contribution in [-0.2, 0) is 20.9 Å². The summed E-state index contributed by atoms with van der Waals surface area (Å²) >= 11 is 6.76. The van der Waals surface area contributed by atoms with Crippen LogP contribution in [0.3, 0.4) is 0 Å². The molecule has 8 nitrogen and oxygen atoms in total. The monoisotopic (exact) mass is 586 g/mol. The van der Waals surface area contributed by atoms with Gasteiger partial charge in [-0.2, -0.15) is 0 Å². The molecule has 0 bridgehead atoms. The zero-order valence-electron chi connectivity index (χ0n) is 21.8. The second kappa shape index (κ2) is 12.3. The molecule has 0 radical (unpaired) electrons. The Hall–Kier alpha value is -4.60. The first-order chi connectivity index (χ1) is 19.8. The Morgan fingerprint density at radius 2 is 1.71 bits per heavy atom. The number of ether oxygens (including phenoxy) is 2. The molecule has 0 aliphatic carbocycles. The third-order valence-corrected chi connectivity index (χ3v) is 7.46. The van der Waals surface area contributed by atoms with Gasteiger partial charge in [-0.1, -0.05) is 60.1 Å². The topological polar surface area (TPSA) is 102 Å². The molecule has 206 valence electrons. The van der Waals surface area contributed by atoms with Crippen molar-refractivity contribution in [3.8, 4) is 5.75 Å². The van der Waals surface area contributed by atoms with Crippen LogP contribution < -0.4 is 10.1 Å². The van der Waals surface area contributed by atoms with E-state index >= 15 is 0 Å². The van der Waals surface area contributed by atoms with Crippen LogP contribution in [0.2, 0.25) is 5.02 Å². The van der Waals surface area contributed by atoms with Gasteiger partial charge in [0.05, 0.1) is 22.6 Å². The number of benzene rings is 4. The average molecular weight is 587 g/mol. The number of imide groups is 1. The van der Waals surface area contributed by atoms with Gasteiger partial charge >= 0.3 is 5.97 Å². The van der Waals surface area contributed by atoms with Gasteiger partial charge in [0.2, 0.25) is 5.91 Å². The molecule has 0 aromatic heterocycles. The molecule has 1 aliphatic rings. The second-order valence-corrected chi connectivity index (χ2v) is 10.4. The van der Waals surface area contributed by atoms with Gasteiger partial charge in [-0.05, 0) is 76.1 Å². The van der Waals surface area contributed by atoms with Crippen molar-refractivity contribution in [1.29, 1.82) is 0 Å². The predicted octanol–water partition coefficient (Wildman–Crippen LogP) is 6.53. The summed E-state index contributed by atoms with van der Waals surface area (Å²) in [6.45, 7) is -0.0785. The van der Waals surface area contributed by atoms with E-state index in [1.54, 1.807) is 30.3 Å². The molecule has 3 amide bonds. The first-order valence-corrected chi connectivity index (χ1v) is 13.6. The summed E-state index contributed by atoms with van der Waals surface area (Å²) in [6, 6.07) is 25.8. The van der Waals surface area contributed by atoms with Crippen LogP contribution in [0.25, 0.3) is 16.8 Å². The van der Waals surface area contributed by atoms with Crippen molar-refractivity contribution in [2.24, 2.45) is 0 Å². The van der Waals surface area contributed by atoms with E-state index < -0.39 is 29.6 Å². The van der Waals surface area contributed by atoms with E-state index in [-0.39, 0.29) is 21.2 Å². The van der Waals surface area contributed by atoms with Gasteiger partial charge in [0.1, 0.15) is 18.9 Å². The standard InChI is InChI=1S/C31H23ClN2O6S/c1-39-30(37)25-16-23(10-13-26(25)32)33-28(35)17-34-29(36)27(41-31(34)38)15-19-7-11-24(12-8-19)40-18-20-6-9-21-4-2-3-5-22(21)14-20/h2-16H,17-18H2,1H3,(H,33,35)/b27-15-. The molecule has 0 saturated carbocycles. The molecule has 1 N–H and O–H groups in total. The first kappa shape index (κ1) is 27.9. The molecule has 1 fully saturated rings. The van der Waals surface area contributed by atoms with Crippen LogP contribution in [-0.4, -0.2) is 41.6 Å². The van der Waals surface area contributed by atoms with Crippen molar-refractivity contribution in [3.63, 3.8) is 0 Å². The van der Waals surface area contributed by atoms with E-state index in [4.69, 9.17) is 16.3 Å². The van der Waals surface area contributed by atoms with Crippen LogP contribution in [0, 0.1) is 0 Å². The number of amides is 3. The number of esters is 1. The fourth-order valence-corrected chi connectivity index (χ4v) is 5.19. The molecular formula is C31H23ClN2O6S. The van der Waals surface area contributed by atoms with E-state index in [2.05, 4.69) is 34.3 Å². The smallest absolute Gasteiger partial charge is 0.339 e. The highest BCUT2D eigenvalue weighted by Crippen LogP contribution is 2.32. The predicted molar refractivity (Wildman–Crippen MR) is 159 cm³/mol. The number of hydrogen-bond acceptors (Lipinski definition) is 7. The highest BCUT2D eigenvalue weighted by molar-refractivity contribution is 8.18. The Labute approximate surface area is 244 Å². The molecular weight excluding hydrogens is 564 g/mol. The molecule has 41 heavy (non-hydrogen) atoms. The number of carbonyl (C=O) groups is 4. The minimum Gasteiger partial charge on any atom is -0.489 e. The molecule has 10 heteroatoms. The van der Waals surface area contributed by atoms with Gasteiger partial charge in [0.25, 0.3) is 11.1 Å². The summed E-state index contributed by atoms with van der Waals surface area (Å²) in [6.07, 6.45) is 1.59. The van der Waals surface area contributed by atoms with E-state index in [0.29, 0.717) is 17.9 Å². The Balaban J connectivity index is 1.19. The largest absolute Gasteiger partial charge is 0.489 e. The molecule has 1 aliphatic heterocycles. The van der Waals surface area contributed by atoms with Crippen LogP contribution in [0.4, 0.5) is 10.5 Å². The lowest BCUT2D eigenvalue weighted by Crippen LogP contribution is -2.36. The third kappa shape index (κ3) is 6.59. The number of methoxy groups -OCH3 is 1. The second-order valence-electron chi connectivity index (χ2n) is 9.04. The number of carbonyl (C=O) groups excluding carboxylic acids is 4. The summed E-state index contributed by atoms with van der Waals surface area (Å²) in [5.41, 5.74) is 2.09. The van der Waals surface area contributed by atoms with Gasteiger partial charge in [-0.15, -0.1) is 0 Å². The van der Waals surface area contributed by atoms with Crippen molar-refractivity contribution in [1.82, 2.24) is 4.90 Å². The molecule has 0 atom stereocenters. The minimum atomic E-state index is -0.660. The number of fused-ring (bicyclic) bond motifs is 1. The number of anilines is 1. The number of nitrogens with one attached hydrogen (secondary N) is 1. The molecule has 0 spiro atoms. The summed E-state index contributed by atoms with van der Waals surface area (Å²) in [5.74, 6) is -1.18. The maximum Gasteiger partial charge on any atom is 0.339 e. The first-order valence-electron chi connectivity index (χ1n) is 12.4. The van der Waals surface area contributed by atoms with Gasteiger partial charge in [-0.25, -0.2) is 4.79 Å². The zero-order chi connectivity index (χ0) is 28.9. The van der Waals surface area contributed by atoms with E-state index in [1.807, 2.05) is 18.2 Å². The van der Waals surface area contributed by atoms with Crippen LogP contribution in [0.15, 0.2) is 89.8 Å². The third-order valence-electron chi connectivity index (χ3n) is 6.23. The minimum absolute atomic E-state index is 0.0752. The maximum atomic E-state index is 12.9. The SMILES string of the molecule is COC(=O)c1cc(NC(=O)CN2C(=O)S/C(=C\c3ccc(OCc4ccc5ccccc5c4)cc3)C2=O)ccc1Cl. The zero-order valence-corrected chi connectivity index (χ0v) is 23.3. The number of hydrogen-bond donors (Lipinski definition) is 1. The highest BCUT2D eigenvalue weighted by Gasteiger charge is 2.36. The van der Waals surface area contributed by atoms with Gasteiger partial charge < -0.3 is 14.8 Å². The Morgan fingerprint density at radius 3 is 2.46 bits per heavy atom. The van der Waals surface area contributed by atoms with Crippen LogP contribution in [0.1, 0.15) is 21.5 Å². The maximum absolute atomic E-state index is 12.9. The van der Waals surface area contributed by atoms with Crippen molar-refractivity contribution < 1.29 is 28.7 Å². The number of rotatable bonds is 8. The van der Waals surface area contributed by atoms with Gasteiger partial charge in [0, 0.05) is 5.69 Å². The van der Waals surface area contributed by atoms with Crippen molar-refractivity contribution in [2.75, 3.05) is 19.0 Å². The fraction of sp³-hybridized carbons (Fsp3) is 0.0968. The quantitative estimate of drug-likeness (QED) is 0.185. The van der Waals surface area contributed by atoms with E-state index in [0.717, 1.165) is 27.6 Å². The summed E-state index contributed by atoms with van der Waals surface area (Å²) in [5, 5.41) is 4.49. The van der Waals surface area contributed by atoms with Crippen molar-refractivity contribution in [2.45, 2.75) is 6.61 Å². The Morgan fingerprint density at radius 1 is 0.951 bits per heavy atom. The highest BCUT2D eigenvalue weighted by atomic mass is 35.5. The van der Waals surface area contributed by atoms with Crippen LogP contribution in [0.5, 0.6) is 5.75 Å². The van der Waals surface area contributed by atoms with E-state index in [1.165, 1.54) is 30.7 Å². The average Bonchev–Trinajstić information content (AvgIpc) is 3.24. The lowest BCUT2D eigenvalue weighted by molar-refractivity contribution is -0.127. The molecule has 5 rings (SSSR count). The number of halogens is 1. The summed E-state index contributed by atoms with van der Waals surface area (Å²) in [7, 11) is 1.22. The molecule has 4 aromatic rings. The molecule has 4 aromatic carbocycles. The van der Waals surface area contributed by atoms with Crippen molar-refractivity contribution in [3.05, 3.63) is 112 Å². The molecule has 1 saturated heterocycles. The fourth-order valence-electron chi connectivity index (χ4n) is 4.16. The summed E-state index contributed by atoms with van der Waals surface area (Å²) < 4.78 is 10.6. The Kier molecular flexibility index (Phi) is 8.37. The lowest BCUT2D eigenvalue weighted by Gasteiger charge is -2.13. The Bertz CT molecular complexity index is 1700. The molecule has 0 unspecified atom stereocenters. The normalized spacial score (nSPS) is 14.0. The van der Waals surface area contributed by atoms with Gasteiger partial charge in [0.15, 0.2) is 0 Å². The van der Waals surface area contributed by atoms with Crippen molar-refractivity contribution >= 4 is 68.9 Å². The lowest BCUT2D eigenvalue weighted by atomic mass is 10.1. The number of nitrogens with zero attached hydrogens (tertiary/aromatic N) is 1. The molecule has 1 heterocycles. The van der Waals surface area contributed by atoms with E-state index in [9.17, 15) is 19.2 Å². The van der Waals surface area contributed by atoms with Gasteiger partial charge in [-0.3, -0.25) is 19.3 Å². The van der Waals surface area contributed by atoms with Crippen LogP contribution >= 0.6 is 23.4 Å².